The van der Waals surface area contributed by atoms with Gasteiger partial charge < -0.3 is 20.4 Å². The van der Waals surface area contributed by atoms with E-state index in [-0.39, 0.29) is 17.4 Å². The number of amides is 2. The molecule has 6 nitrogen and oxygen atoms in total. The van der Waals surface area contributed by atoms with E-state index in [2.05, 4.69) is 21.2 Å². The van der Waals surface area contributed by atoms with E-state index in [1.165, 1.54) is 0 Å². The van der Waals surface area contributed by atoms with Crippen molar-refractivity contribution in [2.75, 3.05) is 11.9 Å². The number of halogens is 3. The topological polar surface area (TPSA) is 89.9 Å². The minimum Gasteiger partial charge on any atom is -0.480 e. The number of carboxylic acid groups (broad SMARTS) is 1. The van der Waals surface area contributed by atoms with Gasteiger partial charge in [-0.3, -0.25) is 0 Å². The van der Waals surface area contributed by atoms with Gasteiger partial charge >= 0.3 is 12.0 Å². The number of benzene rings is 1. The van der Waals surface area contributed by atoms with Crippen molar-refractivity contribution in [2.24, 2.45) is 0 Å². The number of nitrogens with one attached hydrogen (secondary N) is 1. The molecule has 0 aliphatic carbocycles. The summed E-state index contributed by atoms with van der Waals surface area (Å²) in [5.41, 5.74) is -0.411. The largest absolute Gasteiger partial charge is 0.480 e. The molecule has 1 aliphatic heterocycles. The van der Waals surface area contributed by atoms with Gasteiger partial charge in [-0.05, 0) is 22.0 Å². The molecule has 0 spiro atoms. The first kappa shape index (κ1) is 15.6. The predicted molar refractivity (Wildman–Crippen MR) is 71.8 cm³/mol. The molecule has 21 heavy (non-hydrogen) atoms. The van der Waals surface area contributed by atoms with Crippen molar-refractivity contribution in [2.45, 2.75) is 18.6 Å². The number of hydrogen-bond acceptors (Lipinski definition) is 3. The molecule has 114 valence electrons. The van der Waals surface area contributed by atoms with Crippen LogP contribution in [-0.2, 0) is 4.79 Å². The number of aliphatic hydroxyl groups excluding tert-OH is 1. The molecule has 9 heteroatoms. The second-order valence-electron chi connectivity index (χ2n) is 4.57. The molecule has 2 amide bonds. The fraction of sp³-hybridized carbons (Fsp3) is 0.333. The smallest absolute Gasteiger partial charge is 0.326 e. The average Bonchev–Trinajstić information content (AvgIpc) is 2.78. The van der Waals surface area contributed by atoms with Crippen LogP contribution in [0.1, 0.15) is 6.42 Å². The minimum atomic E-state index is -1.27. The van der Waals surface area contributed by atoms with Crippen molar-refractivity contribution in [1.82, 2.24) is 4.90 Å². The Bertz CT molecular complexity index is 599. The summed E-state index contributed by atoms with van der Waals surface area (Å²) < 4.78 is 26.9. The van der Waals surface area contributed by atoms with E-state index in [0.29, 0.717) is 0 Å². The molecule has 1 saturated heterocycles. The Labute approximate surface area is 126 Å². The summed E-state index contributed by atoms with van der Waals surface area (Å²) in [7, 11) is 0. The van der Waals surface area contributed by atoms with Crippen LogP contribution in [0.2, 0.25) is 0 Å². The molecule has 1 heterocycles. The normalized spacial score (nSPS) is 21.4. The lowest BCUT2D eigenvalue weighted by Crippen LogP contribution is -2.43. The third-order valence-electron chi connectivity index (χ3n) is 3.08. The Morgan fingerprint density at radius 2 is 2.00 bits per heavy atom. The molecular weight excluding hydrogens is 354 g/mol. The van der Waals surface area contributed by atoms with Gasteiger partial charge in [-0.15, -0.1) is 0 Å². The fourth-order valence-corrected chi connectivity index (χ4v) is 2.39. The van der Waals surface area contributed by atoms with Crippen molar-refractivity contribution >= 4 is 33.6 Å². The number of anilines is 1. The van der Waals surface area contributed by atoms with Crippen molar-refractivity contribution in [3.63, 3.8) is 0 Å². The van der Waals surface area contributed by atoms with Gasteiger partial charge in [-0.25, -0.2) is 18.4 Å². The van der Waals surface area contributed by atoms with Crippen LogP contribution in [0.15, 0.2) is 16.6 Å². The van der Waals surface area contributed by atoms with E-state index in [1.807, 2.05) is 0 Å². The van der Waals surface area contributed by atoms with Gasteiger partial charge in [0.15, 0.2) is 0 Å². The number of carbonyl (C=O) groups excluding carboxylic acids is 1. The van der Waals surface area contributed by atoms with Crippen LogP contribution in [-0.4, -0.2) is 45.8 Å². The number of aliphatic carboxylic acids is 1. The number of nitrogens with zero attached hydrogens (tertiary/aromatic N) is 1. The maximum absolute atomic E-state index is 13.6. The van der Waals surface area contributed by atoms with E-state index < -0.39 is 41.5 Å². The molecule has 1 fully saturated rings. The molecular formula is C12H11BrF2N2O4. The quantitative estimate of drug-likeness (QED) is 0.697. The summed E-state index contributed by atoms with van der Waals surface area (Å²) in [5.74, 6) is -2.92. The Kier molecular flexibility index (Phi) is 4.43. The molecule has 0 radical (unpaired) electrons. The molecule has 2 rings (SSSR count). The van der Waals surface area contributed by atoms with Gasteiger partial charge in [0.1, 0.15) is 17.7 Å². The second kappa shape index (κ2) is 5.94. The molecule has 1 aliphatic rings. The zero-order valence-corrected chi connectivity index (χ0v) is 12.1. The first-order valence-electron chi connectivity index (χ1n) is 5.92. The van der Waals surface area contributed by atoms with Crippen molar-refractivity contribution < 1.29 is 28.6 Å². The summed E-state index contributed by atoms with van der Waals surface area (Å²) in [5, 5.41) is 20.5. The highest BCUT2D eigenvalue weighted by molar-refractivity contribution is 9.10. The van der Waals surface area contributed by atoms with Crippen LogP contribution in [0, 0.1) is 11.6 Å². The summed E-state index contributed by atoms with van der Waals surface area (Å²) in [4.78, 5) is 23.8. The molecule has 3 N–H and O–H groups in total. The van der Waals surface area contributed by atoms with E-state index in [0.717, 1.165) is 17.0 Å². The van der Waals surface area contributed by atoms with Crippen LogP contribution >= 0.6 is 15.9 Å². The summed E-state index contributed by atoms with van der Waals surface area (Å²) in [6, 6.07) is -0.499. The Morgan fingerprint density at radius 1 is 1.33 bits per heavy atom. The number of hydrogen-bond donors (Lipinski definition) is 3. The van der Waals surface area contributed by atoms with E-state index in [4.69, 9.17) is 5.11 Å². The van der Waals surface area contributed by atoms with Gasteiger partial charge in [0, 0.05) is 19.0 Å². The number of carbonyl (C=O) groups is 2. The predicted octanol–water partition coefficient (Wildman–Crippen LogP) is 1.78. The maximum Gasteiger partial charge on any atom is 0.326 e. The number of aliphatic hydroxyl groups is 1. The molecule has 2 atom stereocenters. The molecule has 1 aromatic carbocycles. The van der Waals surface area contributed by atoms with Gasteiger partial charge in [-0.2, -0.15) is 0 Å². The standard InChI is InChI=1S/C12H11BrF2N2O4/c13-6-2-8(15)9(3-7(6)14)16-12(21)17-4-5(18)1-10(17)11(19)20/h2-3,5,10,18H,1,4H2,(H,16,21)(H,19,20)/t5-,10+/m1/s1. The highest BCUT2D eigenvalue weighted by atomic mass is 79.9. The monoisotopic (exact) mass is 364 g/mol. The highest BCUT2D eigenvalue weighted by Crippen LogP contribution is 2.25. The van der Waals surface area contributed by atoms with E-state index >= 15 is 0 Å². The third-order valence-corrected chi connectivity index (χ3v) is 3.68. The fourth-order valence-electron chi connectivity index (χ4n) is 2.08. The van der Waals surface area contributed by atoms with Crippen LogP contribution in [0.4, 0.5) is 19.3 Å². The molecule has 0 bridgehead atoms. The number of rotatable bonds is 2. The number of likely N-dealkylation sites (tertiary alicyclic amines) is 1. The van der Waals surface area contributed by atoms with E-state index in [1.54, 1.807) is 0 Å². The minimum absolute atomic E-state index is 0.0991. The highest BCUT2D eigenvalue weighted by Gasteiger charge is 2.39. The average molecular weight is 365 g/mol. The summed E-state index contributed by atoms with van der Waals surface area (Å²) in [6.07, 6.45) is -1.08. The van der Waals surface area contributed by atoms with Gasteiger partial charge in [0.25, 0.3) is 0 Å². The lowest BCUT2D eigenvalue weighted by atomic mass is 10.2. The molecule has 0 saturated carbocycles. The second-order valence-corrected chi connectivity index (χ2v) is 5.43. The summed E-state index contributed by atoms with van der Waals surface area (Å²) in [6.45, 7) is -0.191. The molecule has 0 unspecified atom stereocenters. The van der Waals surface area contributed by atoms with Gasteiger partial charge in [-0.1, -0.05) is 0 Å². The first-order valence-corrected chi connectivity index (χ1v) is 6.72. The number of urea groups is 1. The van der Waals surface area contributed by atoms with Crippen LogP contribution < -0.4 is 5.32 Å². The zero-order chi connectivity index (χ0) is 15.7. The zero-order valence-electron chi connectivity index (χ0n) is 10.5. The Balaban J connectivity index is 2.18. The Morgan fingerprint density at radius 3 is 2.62 bits per heavy atom. The third kappa shape index (κ3) is 3.30. The van der Waals surface area contributed by atoms with Gasteiger partial charge in [0.2, 0.25) is 0 Å². The van der Waals surface area contributed by atoms with Crippen LogP contribution in [0.25, 0.3) is 0 Å². The Hall–Kier alpha value is -1.74. The van der Waals surface area contributed by atoms with Crippen molar-refractivity contribution in [1.29, 1.82) is 0 Å². The number of carboxylic acids is 1. The summed E-state index contributed by atoms with van der Waals surface area (Å²) >= 11 is 2.80. The van der Waals surface area contributed by atoms with Crippen LogP contribution in [0.3, 0.4) is 0 Å². The molecule has 0 aromatic heterocycles. The van der Waals surface area contributed by atoms with Crippen LogP contribution in [0.5, 0.6) is 0 Å². The molecule has 1 aromatic rings. The van der Waals surface area contributed by atoms with Crippen molar-refractivity contribution in [3.8, 4) is 0 Å². The maximum atomic E-state index is 13.6. The SMILES string of the molecule is O=C(O)[C@@H]1C[C@@H](O)CN1C(=O)Nc1cc(F)c(Br)cc1F. The number of β-amino-alcohol motifs (C(OH)–C–C–N with tert-alkyl or cyclic N) is 1. The lowest BCUT2D eigenvalue weighted by molar-refractivity contribution is -0.141. The van der Waals surface area contributed by atoms with Gasteiger partial charge in [0.05, 0.1) is 16.3 Å². The van der Waals surface area contributed by atoms with E-state index in [9.17, 15) is 23.5 Å². The first-order chi connectivity index (χ1) is 9.79. The lowest BCUT2D eigenvalue weighted by Gasteiger charge is -2.21. The van der Waals surface area contributed by atoms with Crippen molar-refractivity contribution in [3.05, 3.63) is 28.2 Å².